The van der Waals surface area contributed by atoms with Crippen LogP contribution in [0.5, 0.6) is 0 Å². The summed E-state index contributed by atoms with van der Waals surface area (Å²) < 4.78 is 0. The van der Waals surface area contributed by atoms with E-state index in [1.54, 1.807) is 12.4 Å². The Morgan fingerprint density at radius 2 is 2.08 bits per heavy atom. The van der Waals surface area contributed by atoms with Crippen LogP contribution >= 0.6 is 0 Å². The lowest BCUT2D eigenvalue weighted by molar-refractivity contribution is -0.131. The number of amides is 1. The van der Waals surface area contributed by atoms with Crippen molar-refractivity contribution in [2.24, 2.45) is 0 Å². The van der Waals surface area contributed by atoms with Gasteiger partial charge in [-0.2, -0.15) is 5.10 Å². The lowest BCUT2D eigenvalue weighted by atomic mass is 10.1. The zero-order valence-corrected chi connectivity index (χ0v) is 13.8. The van der Waals surface area contributed by atoms with Gasteiger partial charge in [-0.3, -0.25) is 14.9 Å². The van der Waals surface area contributed by atoms with E-state index in [-0.39, 0.29) is 11.9 Å². The van der Waals surface area contributed by atoms with Gasteiger partial charge in [0, 0.05) is 24.5 Å². The molecule has 0 unspecified atom stereocenters. The topological polar surface area (TPSA) is 74.8 Å². The average Bonchev–Trinajstić information content (AvgIpc) is 3.32. The Morgan fingerprint density at radius 1 is 1.20 bits per heavy atom. The van der Waals surface area contributed by atoms with Gasteiger partial charge in [-0.15, -0.1) is 0 Å². The maximum atomic E-state index is 12.7. The van der Waals surface area contributed by atoms with Gasteiger partial charge in [-0.25, -0.2) is 4.98 Å². The number of likely N-dealkylation sites (tertiary alicyclic amines) is 1. The molecule has 3 heterocycles. The fraction of sp³-hybridized carbons (Fsp3) is 0.263. The van der Waals surface area contributed by atoms with Crippen LogP contribution in [0.4, 0.5) is 0 Å². The second kappa shape index (κ2) is 6.84. The standard InChI is InChI=1S/C19H19N5O/c25-17(12-14-6-4-10-20-13-14)24-11-5-9-16(24)19-21-18(22-23-19)15-7-2-1-3-8-15/h1-4,6-8,10,13,16H,5,9,11-12H2,(H,21,22,23)/t16-/m1/s1. The molecule has 0 spiro atoms. The molecule has 1 atom stereocenters. The van der Waals surface area contributed by atoms with Crippen molar-refractivity contribution in [2.45, 2.75) is 25.3 Å². The van der Waals surface area contributed by atoms with Gasteiger partial charge in [0.1, 0.15) is 5.82 Å². The Balaban J connectivity index is 1.52. The summed E-state index contributed by atoms with van der Waals surface area (Å²) in [6, 6.07) is 13.6. The van der Waals surface area contributed by atoms with Gasteiger partial charge < -0.3 is 4.90 Å². The summed E-state index contributed by atoms with van der Waals surface area (Å²) in [4.78, 5) is 23.3. The van der Waals surface area contributed by atoms with Gasteiger partial charge >= 0.3 is 0 Å². The third kappa shape index (κ3) is 3.28. The number of aromatic nitrogens is 4. The number of nitrogens with one attached hydrogen (secondary N) is 1. The molecule has 1 aromatic carbocycles. The highest BCUT2D eigenvalue weighted by Gasteiger charge is 2.32. The molecule has 1 aliphatic rings. The van der Waals surface area contributed by atoms with Crippen molar-refractivity contribution in [2.75, 3.05) is 6.54 Å². The first-order chi connectivity index (χ1) is 12.3. The Morgan fingerprint density at radius 3 is 2.88 bits per heavy atom. The van der Waals surface area contributed by atoms with E-state index in [9.17, 15) is 4.79 Å². The molecular formula is C19H19N5O. The van der Waals surface area contributed by atoms with Gasteiger partial charge in [0.15, 0.2) is 5.82 Å². The SMILES string of the molecule is O=C(Cc1cccnc1)N1CCC[C@@H]1c1nc(-c2ccccc2)n[nH]1. The van der Waals surface area contributed by atoms with Gasteiger partial charge in [0.05, 0.1) is 12.5 Å². The largest absolute Gasteiger partial charge is 0.332 e. The van der Waals surface area contributed by atoms with Crippen LogP contribution in [0.3, 0.4) is 0 Å². The molecule has 126 valence electrons. The predicted octanol–water partition coefficient (Wildman–Crippen LogP) is 2.77. The first-order valence-corrected chi connectivity index (χ1v) is 8.47. The highest BCUT2D eigenvalue weighted by atomic mass is 16.2. The number of pyridine rings is 1. The zero-order chi connectivity index (χ0) is 17.1. The molecule has 1 fully saturated rings. The predicted molar refractivity (Wildman–Crippen MR) is 93.4 cm³/mol. The van der Waals surface area contributed by atoms with Crippen molar-refractivity contribution in [3.05, 3.63) is 66.2 Å². The van der Waals surface area contributed by atoms with E-state index in [4.69, 9.17) is 0 Å². The summed E-state index contributed by atoms with van der Waals surface area (Å²) in [6.45, 7) is 0.755. The number of H-pyrrole nitrogens is 1. The normalized spacial score (nSPS) is 17.0. The first-order valence-electron chi connectivity index (χ1n) is 8.47. The quantitative estimate of drug-likeness (QED) is 0.796. The van der Waals surface area contributed by atoms with Gasteiger partial charge in [-0.05, 0) is 24.5 Å². The van der Waals surface area contributed by atoms with Gasteiger partial charge in [0.2, 0.25) is 5.91 Å². The van der Waals surface area contributed by atoms with Crippen LogP contribution in [0.25, 0.3) is 11.4 Å². The van der Waals surface area contributed by atoms with Crippen molar-refractivity contribution in [3.63, 3.8) is 0 Å². The van der Waals surface area contributed by atoms with Crippen molar-refractivity contribution in [3.8, 4) is 11.4 Å². The second-order valence-corrected chi connectivity index (χ2v) is 6.19. The molecule has 1 aliphatic heterocycles. The van der Waals surface area contributed by atoms with E-state index < -0.39 is 0 Å². The molecule has 6 heteroatoms. The number of nitrogens with zero attached hydrogens (tertiary/aromatic N) is 4. The Hall–Kier alpha value is -3.02. The maximum Gasteiger partial charge on any atom is 0.227 e. The van der Waals surface area contributed by atoms with Gasteiger partial charge in [0.25, 0.3) is 0 Å². The summed E-state index contributed by atoms with van der Waals surface area (Å²) in [5.41, 5.74) is 1.90. The van der Waals surface area contributed by atoms with E-state index in [0.29, 0.717) is 12.2 Å². The van der Waals surface area contributed by atoms with Crippen LogP contribution in [0.2, 0.25) is 0 Å². The van der Waals surface area contributed by atoms with Crippen LogP contribution in [-0.4, -0.2) is 37.5 Å². The van der Waals surface area contributed by atoms with Crippen molar-refractivity contribution in [1.82, 2.24) is 25.1 Å². The lowest BCUT2D eigenvalue weighted by Gasteiger charge is -2.22. The van der Waals surface area contributed by atoms with Crippen LogP contribution < -0.4 is 0 Å². The Bertz CT molecular complexity index is 847. The molecule has 6 nitrogen and oxygen atoms in total. The fourth-order valence-corrected chi connectivity index (χ4v) is 3.27. The molecule has 25 heavy (non-hydrogen) atoms. The van der Waals surface area contributed by atoms with Crippen LogP contribution in [0.15, 0.2) is 54.9 Å². The number of carbonyl (C=O) groups is 1. The number of hydrogen-bond donors (Lipinski definition) is 1. The fourth-order valence-electron chi connectivity index (χ4n) is 3.27. The summed E-state index contributed by atoms with van der Waals surface area (Å²) in [6.07, 6.45) is 5.70. The Kier molecular flexibility index (Phi) is 4.24. The highest BCUT2D eigenvalue weighted by Crippen LogP contribution is 2.31. The van der Waals surface area contributed by atoms with E-state index in [1.165, 1.54) is 0 Å². The minimum Gasteiger partial charge on any atom is -0.332 e. The number of aromatic amines is 1. The van der Waals surface area contributed by atoms with E-state index in [2.05, 4.69) is 20.2 Å². The lowest BCUT2D eigenvalue weighted by Crippen LogP contribution is -2.32. The van der Waals surface area contributed by atoms with Gasteiger partial charge in [-0.1, -0.05) is 36.4 Å². The first kappa shape index (κ1) is 15.5. The molecule has 1 amide bonds. The molecule has 4 rings (SSSR count). The monoisotopic (exact) mass is 333 g/mol. The molecule has 1 N–H and O–H groups in total. The molecular weight excluding hydrogens is 314 g/mol. The minimum absolute atomic E-state index is 0.0332. The molecule has 0 saturated carbocycles. The maximum absolute atomic E-state index is 12.7. The van der Waals surface area contributed by atoms with Crippen molar-refractivity contribution in [1.29, 1.82) is 0 Å². The number of hydrogen-bond acceptors (Lipinski definition) is 4. The molecule has 0 aliphatic carbocycles. The van der Waals surface area contributed by atoms with Crippen LogP contribution in [0.1, 0.15) is 30.3 Å². The summed E-state index contributed by atoms with van der Waals surface area (Å²) in [7, 11) is 0. The summed E-state index contributed by atoms with van der Waals surface area (Å²) >= 11 is 0. The summed E-state index contributed by atoms with van der Waals surface area (Å²) in [5.74, 6) is 1.53. The summed E-state index contributed by atoms with van der Waals surface area (Å²) in [5, 5.41) is 7.35. The molecule has 3 aromatic rings. The number of rotatable bonds is 4. The Labute approximate surface area is 145 Å². The molecule has 0 radical (unpaired) electrons. The van der Waals surface area contributed by atoms with Crippen LogP contribution in [0, 0.1) is 0 Å². The van der Waals surface area contributed by atoms with E-state index in [1.807, 2.05) is 47.4 Å². The average molecular weight is 333 g/mol. The van der Waals surface area contributed by atoms with Crippen LogP contribution in [-0.2, 0) is 11.2 Å². The van der Waals surface area contributed by atoms with E-state index in [0.717, 1.165) is 36.3 Å². The molecule has 0 bridgehead atoms. The van der Waals surface area contributed by atoms with E-state index >= 15 is 0 Å². The molecule has 1 saturated heterocycles. The smallest absolute Gasteiger partial charge is 0.227 e. The second-order valence-electron chi connectivity index (χ2n) is 6.19. The minimum atomic E-state index is -0.0332. The van der Waals surface area contributed by atoms with Crippen molar-refractivity contribution >= 4 is 5.91 Å². The molecule has 2 aromatic heterocycles. The highest BCUT2D eigenvalue weighted by molar-refractivity contribution is 5.79. The zero-order valence-electron chi connectivity index (χ0n) is 13.8. The third-order valence-electron chi connectivity index (χ3n) is 4.50. The number of carbonyl (C=O) groups excluding carboxylic acids is 1. The third-order valence-corrected chi connectivity index (χ3v) is 4.50. The number of benzene rings is 1. The van der Waals surface area contributed by atoms with Crippen molar-refractivity contribution < 1.29 is 4.79 Å².